The third-order valence-corrected chi connectivity index (χ3v) is 4.68. The highest BCUT2D eigenvalue weighted by atomic mass is 32.1. The molecule has 2 N–H and O–H groups in total. The maximum absolute atomic E-state index is 10.9. The van der Waals surface area contributed by atoms with Crippen LogP contribution in [0.25, 0.3) is 0 Å². The molecule has 2 rings (SSSR count). The van der Waals surface area contributed by atoms with E-state index in [1.807, 2.05) is 6.92 Å². The number of piperidine rings is 1. The molecule has 0 amide bonds. The Balaban J connectivity index is 1.71. The zero-order valence-corrected chi connectivity index (χ0v) is 12.3. The maximum Gasteiger partial charge on any atom is 0.345 e. The Kier molecular flexibility index (Phi) is 5.36. The highest BCUT2D eigenvalue weighted by Gasteiger charge is 2.11. The Morgan fingerprint density at radius 3 is 2.79 bits per heavy atom. The van der Waals surface area contributed by atoms with Crippen molar-refractivity contribution >= 4 is 17.3 Å². The monoisotopic (exact) mass is 282 g/mol. The van der Waals surface area contributed by atoms with Crippen LogP contribution < -0.4 is 5.32 Å². The first-order valence-electron chi connectivity index (χ1n) is 6.92. The van der Waals surface area contributed by atoms with Gasteiger partial charge in [0, 0.05) is 24.5 Å². The zero-order valence-electron chi connectivity index (χ0n) is 11.4. The van der Waals surface area contributed by atoms with E-state index in [1.54, 1.807) is 6.07 Å². The summed E-state index contributed by atoms with van der Waals surface area (Å²) < 4.78 is 0. The SMILES string of the molecule is Cc1sc(C(=O)O)cc1CNCCN1CCCCC1. The topological polar surface area (TPSA) is 52.6 Å². The summed E-state index contributed by atoms with van der Waals surface area (Å²) >= 11 is 1.36. The molecule has 106 valence electrons. The summed E-state index contributed by atoms with van der Waals surface area (Å²) in [7, 11) is 0. The van der Waals surface area contributed by atoms with Crippen LogP contribution in [0.1, 0.15) is 39.4 Å². The van der Waals surface area contributed by atoms with Gasteiger partial charge < -0.3 is 15.3 Å². The molecular weight excluding hydrogens is 260 g/mol. The van der Waals surface area contributed by atoms with E-state index in [0.717, 1.165) is 30.1 Å². The molecule has 4 nitrogen and oxygen atoms in total. The molecule has 1 aromatic rings. The molecule has 1 saturated heterocycles. The van der Waals surface area contributed by atoms with Gasteiger partial charge in [-0.25, -0.2) is 4.79 Å². The maximum atomic E-state index is 10.9. The molecule has 0 saturated carbocycles. The summed E-state index contributed by atoms with van der Waals surface area (Å²) in [5.74, 6) is -0.826. The molecule has 0 bridgehead atoms. The highest BCUT2D eigenvalue weighted by molar-refractivity contribution is 7.14. The van der Waals surface area contributed by atoms with Crippen LogP contribution in [0.3, 0.4) is 0 Å². The molecule has 0 unspecified atom stereocenters. The number of carboxylic acids is 1. The van der Waals surface area contributed by atoms with Gasteiger partial charge in [0.15, 0.2) is 0 Å². The lowest BCUT2D eigenvalue weighted by Crippen LogP contribution is -2.35. The van der Waals surface area contributed by atoms with E-state index in [9.17, 15) is 4.79 Å². The number of aryl methyl sites for hydroxylation is 1. The zero-order chi connectivity index (χ0) is 13.7. The van der Waals surface area contributed by atoms with Crippen molar-refractivity contribution in [3.63, 3.8) is 0 Å². The molecule has 1 aromatic heterocycles. The van der Waals surface area contributed by atoms with Crippen molar-refractivity contribution < 1.29 is 9.90 Å². The molecule has 19 heavy (non-hydrogen) atoms. The fraction of sp³-hybridized carbons (Fsp3) is 0.643. The Morgan fingerprint density at radius 1 is 1.42 bits per heavy atom. The Bertz CT molecular complexity index is 425. The van der Waals surface area contributed by atoms with Crippen LogP contribution in [0.4, 0.5) is 0 Å². The number of rotatable bonds is 6. The van der Waals surface area contributed by atoms with Crippen molar-refractivity contribution in [2.45, 2.75) is 32.7 Å². The molecule has 0 spiro atoms. The Hall–Kier alpha value is -0.910. The van der Waals surface area contributed by atoms with Crippen molar-refractivity contribution in [1.29, 1.82) is 0 Å². The average molecular weight is 282 g/mol. The number of carbonyl (C=O) groups is 1. The minimum absolute atomic E-state index is 0.435. The van der Waals surface area contributed by atoms with Gasteiger partial charge in [-0.15, -0.1) is 11.3 Å². The molecule has 1 fully saturated rings. The van der Waals surface area contributed by atoms with Gasteiger partial charge in [0.2, 0.25) is 0 Å². The van der Waals surface area contributed by atoms with Crippen molar-refractivity contribution in [2.24, 2.45) is 0 Å². The number of hydrogen-bond acceptors (Lipinski definition) is 4. The summed E-state index contributed by atoms with van der Waals surface area (Å²) in [5, 5.41) is 12.4. The molecule has 2 heterocycles. The highest BCUT2D eigenvalue weighted by Crippen LogP contribution is 2.21. The largest absolute Gasteiger partial charge is 0.477 e. The minimum Gasteiger partial charge on any atom is -0.477 e. The molecule has 5 heteroatoms. The van der Waals surface area contributed by atoms with Crippen LogP contribution in [0.2, 0.25) is 0 Å². The van der Waals surface area contributed by atoms with Crippen LogP contribution in [0, 0.1) is 6.92 Å². The lowest BCUT2D eigenvalue weighted by Gasteiger charge is -2.26. The van der Waals surface area contributed by atoms with E-state index in [-0.39, 0.29) is 0 Å². The Morgan fingerprint density at radius 2 is 2.16 bits per heavy atom. The molecular formula is C14H22N2O2S. The van der Waals surface area contributed by atoms with E-state index in [4.69, 9.17) is 5.11 Å². The van der Waals surface area contributed by atoms with Crippen LogP contribution in [-0.4, -0.2) is 42.2 Å². The standard InChI is InChI=1S/C14H22N2O2S/c1-11-12(9-13(19-11)14(17)18)10-15-5-8-16-6-3-2-4-7-16/h9,15H,2-8,10H2,1H3,(H,17,18). The number of aromatic carboxylic acids is 1. The van der Waals surface area contributed by atoms with Crippen LogP contribution in [-0.2, 0) is 6.54 Å². The van der Waals surface area contributed by atoms with Gasteiger partial charge >= 0.3 is 5.97 Å². The van der Waals surface area contributed by atoms with E-state index in [1.165, 1.54) is 43.7 Å². The number of nitrogens with zero attached hydrogens (tertiary/aromatic N) is 1. The van der Waals surface area contributed by atoms with Gasteiger partial charge in [-0.2, -0.15) is 0 Å². The third-order valence-electron chi connectivity index (χ3n) is 3.60. The van der Waals surface area contributed by atoms with E-state index in [0.29, 0.717) is 4.88 Å². The second kappa shape index (κ2) is 7.03. The third kappa shape index (κ3) is 4.30. The van der Waals surface area contributed by atoms with Gasteiger partial charge in [-0.05, 0) is 44.5 Å². The molecule has 0 atom stereocenters. The molecule has 0 aromatic carbocycles. The molecule has 1 aliphatic rings. The quantitative estimate of drug-likeness (QED) is 0.786. The number of hydrogen-bond donors (Lipinski definition) is 2. The Labute approximate surface area is 118 Å². The summed E-state index contributed by atoms with van der Waals surface area (Å²) in [5.41, 5.74) is 1.11. The predicted octanol–water partition coefficient (Wildman–Crippen LogP) is 2.33. The number of carboxylic acid groups (broad SMARTS) is 1. The molecule has 1 aliphatic heterocycles. The second-order valence-electron chi connectivity index (χ2n) is 5.08. The van der Waals surface area contributed by atoms with Crippen molar-refractivity contribution in [2.75, 3.05) is 26.2 Å². The first-order chi connectivity index (χ1) is 9.16. The van der Waals surface area contributed by atoms with Gasteiger partial charge in [-0.3, -0.25) is 0 Å². The van der Waals surface area contributed by atoms with Gasteiger partial charge in [-0.1, -0.05) is 6.42 Å². The summed E-state index contributed by atoms with van der Waals surface area (Å²) in [4.78, 5) is 14.9. The van der Waals surface area contributed by atoms with Gasteiger partial charge in [0.05, 0.1) is 0 Å². The lowest BCUT2D eigenvalue weighted by molar-refractivity contribution is 0.0702. The summed E-state index contributed by atoms with van der Waals surface area (Å²) in [6.07, 6.45) is 4.02. The van der Waals surface area contributed by atoms with Crippen LogP contribution in [0.15, 0.2) is 6.07 Å². The minimum atomic E-state index is -0.826. The number of likely N-dealkylation sites (tertiary alicyclic amines) is 1. The summed E-state index contributed by atoms with van der Waals surface area (Å²) in [6.45, 7) is 7.26. The fourth-order valence-electron chi connectivity index (χ4n) is 2.44. The van der Waals surface area contributed by atoms with Gasteiger partial charge in [0.1, 0.15) is 4.88 Å². The van der Waals surface area contributed by atoms with E-state index < -0.39 is 5.97 Å². The molecule has 0 aliphatic carbocycles. The van der Waals surface area contributed by atoms with Crippen LogP contribution >= 0.6 is 11.3 Å². The average Bonchev–Trinajstić information content (AvgIpc) is 2.78. The first kappa shape index (κ1) is 14.5. The first-order valence-corrected chi connectivity index (χ1v) is 7.74. The van der Waals surface area contributed by atoms with Crippen molar-refractivity contribution in [3.05, 3.63) is 21.4 Å². The predicted molar refractivity (Wildman–Crippen MR) is 78.0 cm³/mol. The summed E-state index contributed by atoms with van der Waals surface area (Å²) in [6, 6.07) is 1.79. The fourth-order valence-corrected chi connectivity index (χ4v) is 3.32. The number of thiophene rings is 1. The van der Waals surface area contributed by atoms with Crippen molar-refractivity contribution in [1.82, 2.24) is 10.2 Å². The van der Waals surface area contributed by atoms with E-state index in [2.05, 4.69) is 10.2 Å². The van der Waals surface area contributed by atoms with Crippen molar-refractivity contribution in [3.8, 4) is 0 Å². The molecule has 0 radical (unpaired) electrons. The van der Waals surface area contributed by atoms with E-state index >= 15 is 0 Å². The second-order valence-corrected chi connectivity index (χ2v) is 6.33. The smallest absolute Gasteiger partial charge is 0.345 e. The normalized spacial score (nSPS) is 16.7. The van der Waals surface area contributed by atoms with Gasteiger partial charge in [0.25, 0.3) is 0 Å². The lowest BCUT2D eigenvalue weighted by atomic mass is 10.1. The number of nitrogens with one attached hydrogen (secondary N) is 1. The van der Waals surface area contributed by atoms with Crippen LogP contribution in [0.5, 0.6) is 0 Å².